The van der Waals surface area contributed by atoms with Gasteiger partial charge in [-0.15, -0.1) is 0 Å². The van der Waals surface area contributed by atoms with Crippen molar-refractivity contribution in [1.29, 1.82) is 0 Å². The lowest BCUT2D eigenvalue weighted by atomic mass is 10.1. The molecule has 6 nitrogen and oxygen atoms in total. The molecule has 1 unspecified atom stereocenters. The van der Waals surface area contributed by atoms with E-state index in [1.165, 1.54) is 11.1 Å². The Bertz CT molecular complexity index is 732. The van der Waals surface area contributed by atoms with Crippen LogP contribution in [0, 0.1) is 0 Å². The number of hydrogen-bond acceptors (Lipinski definition) is 3. The van der Waals surface area contributed by atoms with Crippen molar-refractivity contribution in [2.24, 2.45) is 12.0 Å². The number of guanidine groups is 1. The Labute approximate surface area is 163 Å². The predicted molar refractivity (Wildman–Crippen MR) is 113 cm³/mol. The predicted octanol–water partition coefficient (Wildman–Crippen LogP) is 2.85. The summed E-state index contributed by atoms with van der Waals surface area (Å²) < 4.78 is 1.90. The van der Waals surface area contributed by atoms with Gasteiger partial charge < -0.3 is 15.1 Å². The SMILES string of the molecule is CN=C(NCC(c1ccccc1)N(C)C)N(C)Cc1cn(C)nc1C(C)C. The van der Waals surface area contributed by atoms with E-state index in [0.29, 0.717) is 5.92 Å². The average molecular weight is 371 g/mol. The van der Waals surface area contributed by atoms with E-state index in [2.05, 4.69) is 96.7 Å². The smallest absolute Gasteiger partial charge is 0.193 e. The third kappa shape index (κ3) is 5.57. The van der Waals surface area contributed by atoms with Crippen LogP contribution < -0.4 is 5.32 Å². The van der Waals surface area contributed by atoms with Crippen molar-refractivity contribution < 1.29 is 0 Å². The van der Waals surface area contributed by atoms with Crippen LogP contribution in [0.25, 0.3) is 0 Å². The molecule has 0 bridgehead atoms. The van der Waals surface area contributed by atoms with Crippen LogP contribution in [0.1, 0.15) is 42.6 Å². The maximum absolute atomic E-state index is 4.61. The Morgan fingerprint density at radius 3 is 2.41 bits per heavy atom. The maximum Gasteiger partial charge on any atom is 0.193 e. The molecule has 1 N–H and O–H groups in total. The molecule has 0 aliphatic heterocycles. The van der Waals surface area contributed by atoms with Gasteiger partial charge in [0, 0.05) is 46.0 Å². The molecule has 0 amide bonds. The van der Waals surface area contributed by atoms with Gasteiger partial charge in [-0.2, -0.15) is 5.10 Å². The van der Waals surface area contributed by atoms with E-state index in [1.54, 1.807) is 0 Å². The molecule has 2 aromatic rings. The second-order valence-electron chi connectivity index (χ2n) is 7.54. The molecule has 0 aliphatic carbocycles. The van der Waals surface area contributed by atoms with E-state index in [4.69, 9.17) is 0 Å². The third-order valence-electron chi connectivity index (χ3n) is 4.73. The molecule has 1 aromatic heterocycles. The van der Waals surface area contributed by atoms with Crippen molar-refractivity contribution in [2.75, 3.05) is 34.7 Å². The number of rotatable bonds is 7. The van der Waals surface area contributed by atoms with Crippen molar-refractivity contribution >= 4 is 5.96 Å². The van der Waals surface area contributed by atoms with Gasteiger partial charge in [0.1, 0.15) is 0 Å². The molecule has 0 saturated heterocycles. The van der Waals surface area contributed by atoms with Crippen LogP contribution in [0.15, 0.2) is 41.5 Å². The first-order valence-electron chi connectivity index (χ1n) is 9.49. The Kier molecular flexibility index (Phi) is 7.42. The molecule has 1 atom stereocenters. The monoisotopic (exact) mass is 370 g/mol. The molecular formula is C21H34N6. The largest absolute Gasteiger partial charge is 0.354 e. The molecule has 1 heterocycles. The van der Waals surface area contributed by atoms with Crippen LogP contribution in [-0.2, 0) is 13.6 Å². The minimum absolute atomic E-state index is 0.279. The Morgan fingerprint density at radius 1 is 1.19 bits per heavy atom. The molecule has 2 rings (SSSR count). The summed E-state index contributed by atoms with van der Waals surface area (Å²) in [6, 6.07) is 10.8. The molecule has 0 spiro atoms. The van der Waals surface area contributed by atoms with Crippen LogP contribution in [0.3, 0.4) is 0 Å². The normalized spacial score (nSPS) is 13.3. The van der Waals surface area contributed by atoms with Crippen molar-refractivity contribution in [3.63, 3.8) is 0 Å². The molecule has 148 valence electrons. The maximum atomic E-state index is 4.61. The standard InChI is InChI=1S/C21H34N6/c1-16(2)20-18(15-27(7)24-20)14-26(6)21(22-3)23-13-19(25(4)5)17-11-9-8-10-12-17/h8-12,15-16,19H,13-14H2,1-7H3,(H,22,23). The summed E-state index contributed by atoms with van der Waals surface area (Å²) in [5.74, 6) is 1.29. The van der Waals surface area contributed by atoms with Crippen LogP contribution in [0.2, 0.25) is 0 Å². The zero-order valence-corrected chi connectivity index (χ0v) is 17.8. The van der Waals surface area contributed by atoms with Gasteiger partial charge in [-0.1, -0.05) is 44.2 Å². The number of aliphatic imine (C=N–C) groups is 1. The fraction of sp³-hybridized carbons (Fsp3) is 0.524. The van der Waals surface area contributed by atoms with Gasteiger partial charge in [-0.3, -0.25) is 9.67 Å². The minimum atomic E-state index is 0.279. The summed E-state index contributed by atoms with van der Waals surface area (Å²) in [6.45, 7) is 5.93. The van der Waals surface area contributed by atoms with Gasteiger partial charge in [-0.05, 0) is 25.6 Å². The second kappa shape index (κ2) is 9.55. The molecule has 0 radical (unpaired) electrons. The molecular weight excluding hydrogens is 336 g/mol. The zero-order valence-electron chi connectivity index (χ0n) is 17.8. The lowest BCUT2D eigenvalue weighted by Crippen LogP contribution is -2.42. The fourth-order valence-electron chi connectivity index (χ4n) is 3.34. The van der Waals surface area contributed by atoms with Crippen LogP contribution >= 0.6 is 0 Å². The summed E-state index contributed by atoms with van der Waals surface area (Å²) in [5.41, 5.74) is 3.68. The molecule has 27 heavy (non-hydrogen) atoms. The summed E-state index contributed by atoms with van der Waals surface area (Å²) in [6.07, 6.45) is 2.10. The number of nitrogens with zero attached hydrogens (tertiary/aromatic N) is 5. The first-order valence-corrected chi connectivity index (χ1v) is 9.49. The van der Waals surface area contributed by atoms with Crippen LogP contribution in [0.4, 0.5) is 0 Å². The summed E-state index contributed by atoms with van der Waals surface area (Å²) in [4.78, 5) is 8.86. The topological polar surface area (TPSA) is 48.7 Å². The summed E-state index contributed by atoms with van der Waals surface area (Å²) in [5, 5.41) is 8.14. The lowest BCUT2D eigenvalue weighted by molar-refractivity contribution is 0.295. The second-order valence-corrected chi connectivity index (χ2v) is 7.54. The first kappa shape index (κ1) is 21.0. The summed E-state index contributed by atoms with van der Waals surface area (Å²) in [7, 11) is 10.1. The highest BCUT2D eigenvalue weighted by molar-refractivity contribution is 5.79. The van der Waals surface area contributed by atoms with Gasteiger partial charge >= 0.3 is 0 Å². The van der Waals surface area contributed by atoms with E-state index in [0.717, 1.165) is 24.7 Å². The number of hydrogen-bond donors (Lipinski definition) is 1. The molecule has 0 saturated carbocycles. The van der Waals surface area contributed by atoms with E-state index < -0.39 is 0 Å². The fourth-order valence-corrected chi connectivity index (χ4v) is 3.34. The zero-order chi connectivity index (χ0) is 20.0. The minimum Gasteiger partial charge on any atom is -0.354 e. The Hall–Kier alpha value is -2.34. The van der Waals surface area contributed by atoms with Gasteiger partial charge in [0.25, 0.3) is 0 Å². The number of aromatic nitrogens is 2. The van der Waals surface area contributed by atoms with Crippen molar-refractivity contribution in [3.8, 4) is 0 Å². The highest BCUT2D eigenvalue weighted by Crippen LogP contribution is 2.19. The van der Waals surface area contributed by atoms with Crippen LogP contribution in [0.5, 0.6) is 0 Å². The number of benzene rings is 1. The van der Waals surface area contributed by atoms with Crippen molar-refractivity contribution in [3.05, 3.63) is 53.3 Å². The van der Waals surface area contributed by atoms with E-state index in [-0.39, 0.29) is 6.04 Å². The number of nitrogens with one attached hydrogen (secondary N) is 1. The van der Waals surface area contributed by atoms with E-state index in [9.17, 15) is 0 Å². The van der Waals surface area contributed by atoms with Gasteiger partial charge in [0.2, 0.25) is 0 Å². The number of aryl methyl sites for hydroxylation is 1. The van der Waals surface area contributed by atoms with Crippen LogP contribution in [-0.4, -0.2) is 60.3 Å². The highest BCUT2D eigenvalue weighted by atomic mass is 15.3. The van der Waals surface area contributed by atoms with Crippen molar-refractivity contribution in [2.45, 2.75) is 32.4 Å². The molecule has 6 heteroatoms. The Morgan fingerprint density at radius 2 is 1.85 bits per heavy atom. The van der Waals surface area contributed by atoms with E-state index in [1.807, 2.05) is 18.8 Å². The lowest BCUT2D eigenvalue weighted by Gasteiger charge is -2.28. The summed E-state index contributed by atoms with van der Waals surface area (Å²) >= 11 is 0. The molecule has 0 aliphatic rings. The van der Waals surface area contributed by atoms with Gasteiger partial charge in [-0.25, -0.2) is 0 Å². The van der Waals surface area contributed by atoms with Gasteiger partial charge in [0.15, 0.2) is 5.96 Å². The highest BCUT2D eigenvalue weighted by Gasteiger charge is 2.18. The first-order chi connectivity index (χ1) is 12.8. The van der Waals surface area contributed by atoms with Gasteiger partial charge in [0.05, 0.1) is 11.7 Å². The average Bonchev–Trinajstić information content (AvgIpc) is 2.99. The quantitative estimate of drug-likeness (QED) is 0.601. The molecule has 1 aromatic carbocycles. The number of likely N-dealkylation sites (N-methyl/N-ethyl adjacent to an activating group) is 1. The molecule has 0 fully saturated rings. The Balaban J connectivity index is 2.06. The van der Waals surface area contributed by atoms with E-state index >= 15 is 0 Å². The van der Waals surface area contributed by atoms with Crippen molar-refractivity contribution in [1.82, 2.24) is 24.9 Å². The third-order valence-corrected chi connectivity index (χ3v) is 4.73.